The molecule has 2 rings (SSSR count). The third kappa shape index (κ3) is 2.69. The second-order valence-corrected chi connectivity index (χ2v) is 5.75. The van der Waals surface area contributed by atoms with Crippen molar-refractivity contribution in [3.63, 3.8) is 0 Å². The highest BCUT2D eigenvalue weighted by Crippen LogP contribution is 2.32. The summed E-state index contributed by atoms with van der Waals surface area (Å²) in [7, 11) is 2.03. The molecule has 3 unspecified atom stereocenters. The largest absolute Gasteiger partial charge is 0.368 e. The van der Waals surface area contributed by atoms with Crippen molar-refractivity contribution >= 4 is 5.69 Å². The van der Waals surface area contributed by atoms with E-state index in [1.807, 2.05) is 7.05 Å². The van der Waals surface area contributed by atoms with Crippen molar-refractivity contribution in [3.8, 4) is 0 Å². The minimum Gasteiger partial charge on any atom is -0.368 e. The quantitative estimate of drug-likeness (QED) is 0.876. The topological polar surface area (TPSA) is 15.3 Å². The molecule has 0 aliphatic carbocycles. The van der Waals surface area contributed by atoms with Gasteiger partial charge in [0.25, 0.3) is 0 Å². The van der Waals surface area contributed by atoms with Gasteiger partial charge < -0.3 is 10.2 Å². The first-order valence-corrected chi connectivity index (χ1v) is 7.16. The van der Waals surface area contributed by atoms with E-state index in [0.29, 0.717) is 12.1 Å². The summed E-state index contributed by atoms with van der Waals surface area (Å²) in [6.07, 6.45) is 2.67. The van der Waals surface area contributed by atoms with Crippen LogP contribution in [0.1, 0.15) is 45.2 Å². The lowest BCUT2D eigenvalue weighted by atomic mass is 9.93. The van der Waals surface area contributed by atoms with Gasteiger partial charge in [0.15, 0.2) is 0 Å². The number of nitrogens with one attached hydrogen (secondary N) is 1. The van der Waals surface area contributed by atoms with Crippen molar-refractivity contribution in [3.05, 3.63) is 29.8 Å². The molecule has 0 radical (unpaired) electrons. The Morgan fingerprint density at radius 1 is 1.22 bits per heavy atom. The van der Waals surface area contributed by atoms with Gasteiger partial charge in [-0.1, -0.05) is 25.1 Å². The number of para-hydroxylation sites is 1. The van der Waals surface area contributed by atoms with E-state index in [-0.39, 0.29) is 0 Å². The van der Waals surface area contributed by atoms with Crippen LogP contribution in [-0.2, 0) is 0 Å². The zero-order chi connectivity index (χ0) is 13.1. The van der Waals surface area contributed by atoms with Crippen LogP contribution in [0.4, 0.5) is 5.69 Å². The Kier molecular flexibility index (Phi) is 4.28. The molecule has 1 saturated heterocycles. The summed E-state index contributed by atoms with van der Waals surface area (Å²) < 4.78 is 0. The third-order valence-corrected chi connectivity index (χ3v) is 4.26. The highest BCUT2D eigenvalue weighted by molar-refractivity contribution is 5.56. The summed E-state index contributed by atoms with van der Waals surface area (Å²) in [5, 5.41) is 3.36. The number of rotatable bonds is 3. The normalized spacial score (nSPS) is 26.1. The van der Waals surface area contributed by atoms with E-state index >= 15 is 0 Å². The van der Waals surface area contributed by atoms with Gasteiger partial charge >= 0.3 is 0 Å². The molecule has 0 aromatic heterocycles. The molecule has 1 aliphatic heterocycles. The Morgan fingerprint density at radius 3 is 2.67 bits per heavy atom. The van der Waals surface area contributed by atoms with Crippen LogP contribution in [0, 0.1) is 5.92 Å². The Morgan fingerprint density at radius 2 is 1.94 bits per heavy atom. The maximum absolute atomic E-state index is 3.36. The molecule has 2 heteroatoms. The Bertz CT molecular complexity index is 388. The van der Waals surface area contributed by atoms with E-state index in [1.165, 1.54) is 30.6 Å². The molecule has 1 aromatic rings. The van der Waals surface area contributed by atoms with Crippen LogP contribution in [0.3, 0.4) is 0 Å². The second kappa shape index (κ2) is 5.75. The number of nitrogens with zero attached hydrogens (tertiary/aromatic N) is 1. The fourth-order valence-electron chi connectivity index (χ4n) is 2.90. The highest BCUT2D eigenvalue weighted by Gasteiger charge is 2.25. The van der Waals surface area contributed by atoms with Gasteiger partial charge in [-0.15, -0.1) is 0 Å². The lowest BCUT2D eigenvalue weighted by Gasteiger charge is -2.40. The summed E-state index contributed by atoms with van der Waals surface area (Å²) in [6, 6.07) is 9.90. The van der Waals surface area contributed by atoms with Gasteiger partial charge in [0.1, 0.15) is 0 Å². The van der Waals surface area contributed by atoms with Crippen LogP contribution in [0.25, 0.3) is 0 Å². The smallest absolute Gasteiger partial charge is 0.0417 e. The van der Waals surface area contributed by atoms with Crippen molar-refractivity contribution in [2.24, 2.45) is 5.92 Å². The van der Waals surface area contributed by atoms with E-state index in [4.69, 9.17) is 0 Å². The van der Waals surface area contributed by atoms with Gasteiger partial charge in [-0.2, -0.15) is 0 Å². The average Bonchev–Trinajstić information content (AvgIpc) is 2.40. The molecule has 0 amide bonds. The van der Waals surface area contributed by atoms with Gasteiger partial charge in [-0.05, 0) is 51.3 Å². The molecular weight excluding hydrogens is 220 g/mol. The molecule has 1 N–H and O–H groups in total. The molecule has 0 bridgehead atoms. The first kappa shape index (κ1) is 13.4. The summed E-state index contributed by atoms with van der Waals surface area (Å²) >= 11 is 0. The van der Waals surface area contributed by atoms with E-state index in [0.717, 1.165) is 5.92 Å². The zero-order valence-corrected chi connectivity index (χ0v) is 12.1. The summed E-state index contributed by atoms with van der Waals surface area (Å²) in [5.74, 6) is 0.805. The van der Waals surface area contributed by atoms with Gasteiger partial charge in [0.05, 0.1) is 0 Å². The van der Waals surface area contributed by atoms with Crippen LogP contribution in [-0.4, -0.2) is 19.6 Å². The molecule has 3 atom stereocenters. The van der Waals surface area contributed by atoms with Crippen molar-refractivity contribution in [2.75, 3.05) is 18.5 Å². The molecule has 1 aliphatic rings. The maximum atomic E-state index is 3.36. The summed E-state index contributed by atoms with van der Waals surface area (Å²) in [6.45, 7) is 8.14. The molecule has 100 valence electrons. The number of benzene rings is 1. The van der Waals surface area contributed by atoms with E-state index in [1.54, 1.807) is 0 Å². The van der Waals surface area contributed by atoms with Crippen LogP contribution in [0.2, 0.25) is 0 Å². The summed E-state index contributed by atoms with van der Waals surface area (Å²) in [5.41, 5.74) is 2.83. The van der Waals surface area contributed by atoms with Gasteiger partial charge in [-0.25, -0.2) is 0 Å². The second-order valence-electron chi connectivity index (χ2n) is 5.75. The molecule has 0 saturated carbocycles. The summed E-state index contributed by atoms with van der Waals surface area (Å²) in [4.78, 5) is 2.59. The van der Waals surface area contributed by atoms with Gasteiger partial charge in [-0.3, -0.25) is 0 Å². The molecule has 1 fully saturated rings. The Balaban J connectivity index is 2.31. The van der Waals surface area contributed by atoms with Crippen molar-refractivity contribution in [1.29, 1.82) is 0 Å². The first-order chi connectivity index (χ1) is 8.63. The fraction of sp³-hybridized carbons (Fsp3) is 0.625. The van der Waals surface area contributed by atoms with Crippen LogP contribution in [0.5, 0.6) is 0 Å². The molecule has 1 aromatic carbocycles. The van der Waals surface area contributed by atoms with Crippen molar-refractivity contribution < 1.29 is 0 Å². The lowest BCUT2D eigenvalue weighted by Crippen LogP contribution is -2.41. The van der Waals surface area contributed by atoms with Crippen molar-refractivity contribution in [1.82, 2.24) is 5.32 Å². The molecule has 0 spiro atoms. The fourth-order valence-corrected chi connectivity index (χ4v) is 2.90. The number of piperidine rings is 1. The van der Waals surface area contributed by atoms with E-state index in [2.05, 4.69) is 55.3 Å². The standard InChI is InChI=1S/C16H26N2/c1-12-9-10-13(2)18(11-12)16-8-6-5-7-15(16)14(3)17-4/h5-8,12-14,17H,9-11H2,1-4H3. The zero-order valence-electron chi connectivity index (χ0n) is 12.1. The Labute approximate surface area is 111 Å². The van der Waals surface area contributed by atoms with Gasteiger partial charge in [0.2, 0.25) is 0 Å². The minimum absolute atomic E-state index is 0.408. The SMILES string of the molecule is CNC(C)c1ccccc1N1CC(C)CCC1C. The van der Waals surface area contributed by atoms with Crippen LogP contribution < -0.4 is 10.2 Å². The van der Waals surface area contributed by atoms with E-state index in [9.17, 15) is 0 Å². The monoisotopic (exact) mass is 246 g/mol. The predicted molar refractivity (Wildman–Crippen MR) is 79.1 cm³/mol. The third-order valence-electron chi connectivity index (χ3n) is 4.26. The first-order valence-electron chi connectivity index (χ1n) is 7.16. The van der Waals surface area contributed by atoms with Crippen molar-refractivity contribution in [2.45, 2.75) is 45.7 Å². The van der Waals surface area contributed by atoms with Gasteiger partial charge in [0, 0.05) is 24.3 Å². The number of hydrogen-bond acceptors (Lipinski definition) is 2. The van der Waals surface area contributed by atoms with Crippen LogP contribution >= 0.6 is 0 Å². The van der Waals surface area contributed by atoms with E-state index < -0.39 is 0 Å². The maximum Gasteiger partial charge on any atom is 0.0417 e. The number of anilines is 1. The number of hydrogen-bond donors (Lipinski definition) is 1. The minimum atomic E-state index is 0.408. The molecule has 1 heterocycles. The highest BCUT2D eigenvalue weighted by atomic mass is 15.2. The average molecular weight is 246 g/mol. The Hall–Kier alpha value is -1.02. The molecule has 18 heavy (non-hydrogen) atoms. The lowest BCUT2D eigenvalue weighted by molar-refractivity contribution is 0.389. The predicted octanol–water partition coefficient (Wildman–Crippen LogP) is 3.59. The van der Waals surface area contributed by atoms with Crippen LogP contribution in [0.15, 0.2) is 24.3 Å². The molecule has 2 nitrogen and oxygen atoms in total. The molecular formula is C16H26N2.